The van der Waals surface area contributed by atoms with Crippen LogP contribution in [0.3, 0.4) is 0 Å². The van der Waals surface area contributed by atoms with Crippen LogP contribution in [0.2, 0.25) is 0 Å². The molecule has 3 rings (SSSR count). The molecular weight excluding hydrogens is 268 g/mol. The number of hydrogen-bond donors (Lipinski definition) is 1. The Hall–Kier alpha value is -0.870. The van der Waals surface area contributed by atoms with Crippen molar-refractivity contribution >= 4 is 17.2 Å². The smallest absolute Gasteiger partial charge is 0.239 e. The lowest BCUT2D eigenvalue weighted by molar-refractivity contribution is -0.132. The summed E-state index contributed by atoms with van der Waals surface area (Å²) in [4.78, 5) is 15.8. The van der Waals surface area contributed by atoms with Gasteiger partial charge < -0.3 is 10.2 Å². The van der Waals surface area contributed by atoms with Crippen LogP contribution < -0.4 is 5.32 Å². The number of likely N-dealkylation sites (N-methyl/N-ethyl adjacent to an activating group) is 1. The fraction of sp³-hybridized carbons (Fsp3) is 0.688. The third kappa shape index (κ3) is 2.77. The van der Waals surface area contributed by atoms with Crippen LogP contribution in [0, 0.1) is 12.8 Å². The van der Waals surface area contributed by atoms with E-state index in [1.54, 1.807) is 11.3 Å². The van der Waals surface area contributed by atoms with Crippen molar-refractivity contribution in [1.82, 2.24) is 10.2 Å². The molecular formula is C16H24N2OS. The molecule has 3 nitrogen and oxygen atoms in total. The normalized spacial score (nSPS) is 29.2. The molecule has 110 valence electrons. The van der Waals surface area contributed by atoms with Crippen molar-refractivity contribution in [2.75, 3.05) is 7.05 Å². The van der Waals surface area contributed by atoms with E-state index < -0.39 is 0 Å². The van der Waals surface area contributed by atoms with Crippen LogP contribution >= 0.6 is 11.3 Å². The van der Waals surface area contributed by atoms with Crippen LogP contribution in [-0.4, -0.2) is 29.9 Å². The number of nitrogens with one attached hydrogen (secondary N) is 1. The van der Waals surface area contributed by atoms with Gasteiger partial charge in [0.15, 0.2) is 0 Å². The lowest BCUT2D eigenvalue weighted by Gasteiger charge is -2.24. The van der Waals surface area contributed by atoms with Gasteiger partial charge in [0.25, 0.3) is 0 Å². The topological polar surface area (TPSA) is 32.3 Å². The van der Waals surface area contributed by atoms with Gasteiger partial charge in [-0.2, -0.15) is 0 Å². The number of amides is 1. The van der Waals surface area contributed by atoms with E-state index in [-0.39, 0.29) is 11.9 Å². The van der Waals surface area contributed by atoms with Gasteiger partial charge in [0.05, 0.1) is 12.6 Å². The molecule has 1 aromatic heterocycles. The zero-order valence-corrected chi connectivity index (χ0v) is 13.2. The number of aryl methyl sites for hydroxylation is 1. The average Bonchev–Trinajstić information content (AvgIpc) is 3.04. The van der Waals surface area contributed by atoms with Crippen molar-refractivity contribution in [3.63, 3.8) is 0 Å². The second-order valence-corrected chi connectivity index (χ2v) is 7.33. The molecule has 1 saturated heterocycles. The second kappa shape index (κ2) is 5.86. The lowest BCUT2D eigenvalue weighted by Crippen LogP contribution is -2.43. The number of rotatable bonds is 3. The minimum Gasteiger partial charge on any atom is -0.339 e. The highest BCUT2D eigenvalue weighted by Gasteiger charge is 2.39. The molecule has 2 heterocycles. The zero-order valence-electron chi connectivity index (χ0n) is 12.4. The van der Waals surface area contributed by atoms with Gasteiger partial charge in [-0.25, -0.2) is 0 Å². The number of carbonyl (C=O) groups is 1. The molecule has 1 saturated carbocycles. The number of thiophene rings is 1. The molecule has 2 aliphatic rings. The first-order valence-corrected chi connectivity index (χ1v) is 8.57. The summed E-state index contributed by atoms with van der Waals surface area (Å²) in [7, 11) is 1.94. The van der Waals surface area contributed by atoms with Crippen molar-refractivity contribution in [2.45, 2.75) is 57.7 Å². The molecule has 20 heavy (non-hydrogen) atoms. The molecule has 0 spiro atoms. The second-order valence-electron chi connectivity index (χ2n) is 6.33. The molecule has 3 unspecified atom stereocenters. The van der Waals surface area contributed by atoms with E-state index in [1.807, 2.05) is 11.9 Å². The Labute approximate surface area is 125 Å². The standard InChI is InChI=1S/C16H24N2OS/c1-11-7-8-20-15(11)10-18(2)16(19)14-9-12-5-3-4-6-13(12)17-14/h7-8,12-14,17H,3-6,9-10H2,1-2H3. The maximum Gasteiger partial charge on any atom is 0.239 e. The molecule has 2 fully saturated rings. The predicted molar refractivity (Wildman–Crippen MR) is 82.8 cm³/mol. The predicted octanol–water partition coefficient (Wildman–Crippen LogP) is 2.94. The molecule has 0 radical (unpaired) electrons. The number of carbonyl (C=O) groups excluding carboxylic acids is 1. The number of hydrogen-bond acceptors (Lipinski definition) is 3. The van der Waals surface area contributed by atoms with Gasteiger partial charge in [-0.15, -0.1) is 11.3 Å². The maximum atomic E-state index is 12.6. The Morgan fingerprint density at radius 1 is 1.45 bits per heavy atom. The van der Waals surface area contributed by atoms with Gasteiger partial charge in [0.2, 0.25) is 5.91 Å². The summed E-state index contributed by atoms with van der Waals surface area (Å²) in [6.07, 6.45) is 6.25. The van der Waals surface area contributed by atoms with Crippen LogP contribution in [0.15, 0.2) is 11.4 Å². The van der Waals surface area contributed by atoms with E-state index in [0.717, 1.165) is 18.9 Å². The van der Waals surface area contributed by atoms with E-state index in [4.69, 9.17) is 0 Å². The fourth-order valence-corrected chi connectivity index (χ4v) is 4.59. The Morgan fingerprint density at radius 2 is 2.25 bits per heavy atom. The van der Waals surface area contributed by atoms with Gasteiger partial charge in [0, 0.05) is 18.0 Å². The third-order valence-corrected chi connectivity index (χ3v) is 5.89. The molecule has 3 atom stereocenters. The van der Waals surface area contributed by atoms with Gasteiger partial charge in [0.1, 0.15) is 0 Å². The van der Waals surface area contributed by atoms with E-state index in [1.165, 1.54) is 36.1 Å². The summed E-state index contributed by atoms with van der Waals surface area (Å²) in [6.45, 7) is 2.86. The van der Waals surface area contributed by atoms with Crippen molar-refractivity contribution in [3.05, 3.63) is 21.9 Å². The number of fused-ring (bicyclic) bond motifs is 1. The van der Waals surface area contributed by atoms with Crippen LogP contribution in [-0.2, 0) is 11.3 Å². The molecule has 1 aromatic rings. The van der Waals surface area contributed by atoms with Crippen LogP contribution in [0.1, 0.15) is 42.5 Å². The Bertz CT molecular complexity index is 471. The molecule has 4 heteroatoms. The van der Waals surface area contributed by atoms with E-state index in [9.17, 15) is 4.79 Å². The van der Waals surface area contributed by atoms with Gasteiger partial charge in [-0.3, -0.25) is 4.79 Å². The molecule has 0 bridgehead atoms. The van der Waals surface area contributed by atoms with E-state index >= 15 is 0 Å². The first kappa shape index (κ1) is 14.1. The van der Waals surface area contributed by atoms with Crippen LogP contribution in [0.25, 0.3) is 0 Å². The Kier molecular flexibility index (Phi) is 4.13. The SMILES string of the molecule is Cc1ccsc1CN(C)C(=O)C1CC2CCCCC2N1. The Balaban J connectivity index is 1.60. The highest BCUT2D eigenvalue weighted by Crippen LogP contribution is 2.33. The average molecular weight is 292 g/mol. The minimum atomic E-state index is 0.0494. The molecule has 1 amide bonds. The van der Waals surface area contributed by atoms with Crippen LogP contribution in [0.5, 0.6) is 0 Å². The minimum absolute atomic E-state index is 0.0494. The van der Waals surface area contributed by atoms with Crippen molar-refractivity contribution in [3.8, 4) is 0 Å². The molecule has 0 aromatic carbocycles. The first-order chi connectivity index (χ1) is 9.65. The quantitative estimate of drug-likeness (QED) is 0.929. The van der Waals surface area contributed by atoms with Crippen molar-refractivity contribution < 1.29 is 4.79 Å². The summed E-state index contributed by atoms with van der Waals surface area (Å²) in [6, 6.07) is 2.77. The molecule has 1 aliphatic heterocycles. The van der Waals surface area contributed by atoms with Gasteiger partial charge >= 0.3 is 0 Å². The van der Waals surface area contributed by atoms with Crippen LogP contribution in [0.4, 0.5) is 0 Å². The fourth-order valence-electron chi connectivity index (χ4n) is 3.64. The van der Waals surface area contributed by atoms with E-state index in [0.29, 0.717) is 6.04 Å². The summed E-state index contributed by atoms with van der Waals surface area (Å²) in [5, 5.41) is 5.68. The largest absolute Gasteiger partial charge is 0.339 e. The van der Waals surface area contributed by atoms with Gasteiger partial charge in [-0.05, 0) is 49.1 Å². The zero-order chi connectivity index (χ0) is 14.1. The third-order valence-electron chi connectivity index (χ3n) is 4.89. The summed E-state index contributed by atoms with van der Waals surface area (Å²) in [5.41, 5.74) is 1.29. The molecule has 1 aliphatic carbocycles. The number of nitrogens with zero attached hydrogens (tertiary/aromatic N) is 1. The summed E-state index contributed by atoms with van der Waals surface area (Å²) >= 11 is 1.74. The maximum absolute atomic E-state index is 12.6. The molecule has 1 N–H and O–H groups in total. The van der Waals surface area contributed by atoms with Crippen molar-refractivity contribution in [1.29, 1.82) is 0 Å². The highest BCUT2D eigenvalue weighted by atomic mass is 32.1. The van der Waals surface area contributed by atoms with Crippen molar-refractivity contribution in [2.24, 2.45) is 5.92 Å². The van der Waals surface area contributed by atoms with Gasteiger partial charge in [-0.1, -0.05) is 12.8 Å². The first-order valence-electron chi connectivity index (χ1n) is 7.69. The highest BCUT2D eigenvalue weighted by molar-refractivity contribution is 7.10. The monoisotopic (exact) mass is 292 g/mol. The summed E-state index contributed by atoms with van der Waals surface area (Å²) < 4.78 is 0. The summed E-state index contributed by atoms with van der Waals surface area (Å²) in [5.74, 6) is 1.00. The Morgan fingerprint density at radius 3 is 2.95 bits per heavy atom. The van der Waals surface area contributed by atoms with E-state index in [2.05, 4.69) is 23.7 Å². The lowest BCUT2D eigenvalue weighted by atomic mass is 9.85.